The Morgan fingerprint density at radius 1 is 0.370 bits per heavy atom. The Balaban J connectivity index is 1.06. The largest absolute Gasteiger partial charge is 0.0760 e. The van der Waals surface area contributed by atoms with E-state index in [2.05, 4.69) is 206 Å². The molecule has 0 saturated heterocycles. The van der Waals surface area contributed by atoms with Gasteiger partial charge in [-0.1, -0.05) is 194 Å². The molecule has 0 nitrogen and oxygen atoms in total. The molecule has 0 radical (unpaired) electrons. The molecule has 0 aromatic heterocycles. The molecule has 2 aliphatic rings. The van der Waals surface area contributed by atoms with Crippen molar-refractivity contribution in [1.29, 1.82) is 0 Å². The van der Waals surface area contributed by atoms with Gasteiger partial charge in [0.2, 0.25) is 0 Å². The first-order chi connectivity index (χ1) is 26.8. The molecule has 0 spiro atoms. The Bertz CT molecular complexity index is 2990. The summed E-state index contributed by atoms with van der Waals surface area (Å²) in [5.41, 5.74) is 13.2. The van der Waals surface area contributed by atoms with Gasteiger partial charge in [-0.3, -0.25) is 0 Å². The molecule has 2 atom stereocenters. The maximum Gasteiger partial charge on any atom is 0.0199 e. The first kappa shape index (κ1) is 30.8. The SMILES string of the molecule is C1=CC2=C(c3ccc4ccccc4c3)c3ccccc3C(c3ccc(-c4c5ccccc5c(-c5ccc6ccccc6c5)c5ccccc45)cc3)C2C=C1. The fourth-order valence-corrected chi connectivity index (χ4v) is 9.45. The van der Waals surface area contributed by atoms with Crippen molar-refractivity contribution >= 4 is 48.7 Å². The molecule has 0 saturated carbocycles. The van der Waals surface area contributed by atoms with Crippen molar-refractivity contribution in [1.82, 2.24) is 0 Å². The summed E-state index contributed by atoms with van der Waals surface area (Å²) in [6.07, 6.45) is 9.20. The molecule has 2 unspecified atom stereocenters. The van der Waals surface area contributed by atoms with E-state index in [9.17, 15) is 0 Å². The Hall–Kier alpha value is -6.76. The fourth-order valence-electron chi connectivity index (χ4n) is 9.45. The van der Waals surface area contributed by atoms with E-state index in [1.165, 1.54) is 98.7 Å². The third-order valence-corrected chi connectivity index (χ3v) is 11.8. The predicted octanol–water partition coefficient (Wildman–Crippen LogP) is 14.3. The normalized spacial score (nSPS) is 16.3. The van der Waals surface area contributed by atoms with Crippen LogP contribution in [0.1, 0.15) is 28.2 Å². The van der Waals surface area contributed by atoms with Crippen LogP contribution in [0.3, 0.4) is 0 Å². The average Bonchev–Trinajstić information content (AvgIpc) is 3.24. The minimum absolute atomic E-state index is 0.208. The Morgan fingerprint density at radius 3 is 1.52 bits per heavy atom. The zero-order valence-electron chi connectivity index (χ0n) is 29.8. The van der Waals surface area contributed by atoms with Gasteiger partial charge in [0.25, 0.3) is 0 Å². The Kier molecular flexibility index (Phi) is 7.10. The molecule has 9 aromatic rings. The molecule has 0 bridgehead atoms. The molecular formula is C54H36. The summed E-state index contributed by atoms with van der Waals surface area (Å²) < 4.78 is 0. The van der Waals surface area contributed by atoms with Gasteiger partial charge in [-0.25, -0.2) is 0 Å². The lowest BCUT2D eigenvalue weighted by molar-refractivity contribution is 0.649. The van der Waals surface area contributed by atoms with Gasteiger partial charge in [0.15, 0.2) is 0 Å². The maximum atomic E-state index is 2.41. The molecule has 0 amide bonds. The fraction of sp³-hybridized carbons (Fsp3) is 0.0370. The summed E-state index contributed by atoms with van der Waals surface area (Å²) in [7, 11) is 0. The van der Waals surface area contributed by atoms with Gasteiger partial charge in [-0.05, 0) is 111 Å². The van der Waals surface area contributed by atoms with Crippen molar-refractivity contribution in [2.75, 3.05) is 0 Å². The summed E-state index contributed by atoms with van der Waals surface area (Å²) in [4.78, 5) is 0. The molecular weight excluding hydrogens is 649 g/mol. The minimum Gasteiger partial charge on any atom is -0.0760 e. The van der Waals surface area contributed by atoms with Crippen LogP contribution in [0.4, 0.5) is 0 Å². The van der Waals surface area contributed by atoms with E-state index in [0.29, 0.717) is 0 Å². The standard InChI is InChI=1S/C54H36/c1-3-15-39-33-41(31-25-35(39)13-1)53-47-21-9-5-17-43(47)51(44-18-6-10-22-48(44)53)37-27-29-38(30-28-37)52-45-19-7-11-23-49(45)54(50-24-12-8-20-46(50)52)42-32-26-36-14-2-4-16-40(36)34-42/h1-34,43,51H. The van der Waals surface area contributed by atoms with Crippen LogP contribution in [0.25, 0.3) is 70.9 Å². The quantitative estimate of drug-likeness (QED) is 0.162. The van der Waals surface area contributed by atoms with Crippen LogP contribution < -0.4 is 0 Å². The smallest absolute Gasteiger partial charge is 0.0199 e. The second-order valence-electron chi connectivity index (χ2n) is 14.8. The number of hydrogen-bond acceptors (Lipinski definition) is 0. The Morgan fingerprint density at radius 2 is 0.870 bits per heavy atom. The van der Waals surface area contributed by atoms with Crippen LogP contribution >= 0.6 is 0 Å². The molecule has 0 heterocycles. The van der Waals surface area contributed by atoms with E-state index in [1.54, 1.807) is 0 Å². The molecule has 11 rings (SSSR count). The van der Waals surface area contributed by atoms with E-state index in [4.69, 9.17) is 0 Å². The van der Waals surface area contributed by atoms with Crippen LogP contribution in [0, 0.1) is 5.92 Å². The molecule has 0 heteroatoms. The van der Waals surface area contributed by atoms with Crippen molar-refractivity contribution in [3.8, 4) is 22.3 Å². The molecule has 252 valence electrons. The summed E-state index contributed by atoms with van der Waals surface area (Å²) in [6.45, 7) is 0. The average molecular weight is 685 g/mol. The zero-order valence-corrected chi connectivity index (χ0v) is 29.8. The molecule has 2 aliphatic carbocycles. The molecule has 0 N–H and O–H groups in total. The number of benzene rings is 9. The lowest BCUT2D eigenvalue weighted by Crippen LogP contribution is -2.22. The van der Waals surface area contributed by atoms with Crippen LogP contribution in [0.15, 0.2) is 212 Å². The molecule has 9 aromatic carbocycles. The van der Waals surface area contributed by atoms with Gasteiger partial charge in [0, 0.05) is 11.8 Å². The number of hydrogen-bond donors (Lipinski definition) is 0. The lowest BCUT2D eigenvalue weighted by atomic mass is 9.66. The van der Waals surface area contributed by atoms with Crippen LogP contribution in [-0.2, 0) is 0 Å². The first-order valence-electron chi connectivity index (χ1n) is 19.0. The van der Waals surface area contributed by atoms with Crippen molar-refractivity contribution in [3.05, 3.63) is 234 Å². The molecule has 0 fully saturated rings. The molecule has 0 aliphatic heterocycles. The van der Waals surface area contributed by atoms with Gasteiger partial charge < -0.3 is 0 Å². The van der Waals surface area contributed by atoms with Gasteiger partial charge in [-0.15, -0.1) is 0 Å². The third-order valence-electron chi connectivity index (χ3n) is 11.8. The topological polar surface area (TPSA) is 0 Å². The highest BCUT2D eigenvalue weighted by Gasteiger charge is 2.35. The van der Waals surface area contributed by atoms with E-state index < -0.39 is 0 Å². The summed E-state index contributed by atoms with van der Waals surface area (Å²) in [5, 5.41) is 10.2. The highest BCUT2D eigenvalue weighted by Crippen LogP contribution is 2.51. The summed E-state index contributed by atoms with van der Waals surface area (Å²) in [6, 6.07) is 67.7. The highest BCUT2D eigenvalue weighted by atomic mass is 14.4. The van der Waals surface area contributed by atoms with E-state index in [-0.39, 0.29) is 11.8 Å². The zero-order chi connectivity index (χ0) is 35.6. The summed E-state index contributed by atoms with van der Waals surface area (Å²) >= 11 is 0. The van der Waals surface area contributed by atoms with Gasteiger partial charge in [0.1, 0.15) is 0 Å². The Labute approximate surface area is 315 Å². The van der Waals surface area contributed by atoms with Crippen LogP contribution in [-0.4, -0.2) is 0 Å². The monoisotopic (exact) mass is 684 g/mol. The van der Waals surface area contributed by atoms with Crippen molar-refractivity contribution < 1.29 is 0 Å². The van der Waals surface area contributed by atoms with E-state index >= 15 is 0 Å². The number of fused-ring (bicyclic) bond motifs is 6. The first-order valence-corrected chi connectivity index (χ1v) is 19.0. The van der Waals surface area contributed by atoms with Crippen molar-refractivity contribution in [2.45, 2.75) is 5.92 Å². The van der Waals surface area contributed by atoms with E-state index in [0.717, 1.165) is 0 Å². The second-order valence-corrected chi connectivity index (χ2v) is 14.8. The highest BCUT2D eigenvalue weighted by molar-refractivity contribution is 6.21. The van der Waals surface area contributed by atoms with Crippen molar-refractivity contribution in [3.63, 3.8) is 0 Å². The van der Waals surface area contributed by atoms with Crippen molar-refractivity contribution in [2.24, 2.45) is 5.92 Å². The maximum absolute atomic E-state index is 2.41. The predicted molar refractivity (Wildman–Crippen MR) is 230 cm³/mol. The number of rotatable bonds is 4. The van der Waals surface area contributed by atoms with Gasteiger partial charge in [-0.2, -0.15) is 0 Å². The van der Waals surface area contributed by atoms with Crippen LogP contribution in [0.5, 0.6) is 0 Å². The molecule has 54 heavy (non-hydrogen) atoms. The second kappa shape index (κ2) is 12.4. The van der Waals surface area contributed by atoms with Gasteiger partial charge in [0.05, 0.1) is 0 Å². The number of allylic oxidation sites excluding steroid dienone is 5. The van der Waals surface area contributed by atoms with Crippen LogP contribution in [0.2, 0.25) is 0 Å². The lowest BCUT2D eigenvalue weighted by Gasteiger charge is -2.37. The van der Waals surface area contributed by atoms with E-state index in [1.807, 2.05) is 0 Å². The minimum atomic E-state index is 0.208. The third kappa shape index (κ3) is 4.84. The van der Waals surface area contributed by atoms with Gasteiger partial charge >= 0.3 is 0 Å². The summed E-state index contributed by atoms with van der Waals surface area (Å²) in [5.74, 6) is 0.444.